The molecule has 0 bridgehead atoms. The van der Waals surface area contributed by atoms with Crippen molar-refractivity contribution in [3.8, 4) is 0 Å². The first-order valence-corrected chi connectivity index (χ1v) is 7.08. The summed E-state index contributed by atoms with van der Waals surface area (Å²) in [6.45, 7) is 1.29. The van der Waals surface area contributed by atoms with Crippen LogP contribution in [0.25, 0.3) is 0 Å². The van der Waals surface area contributed by atoms with E-state index in [1.54, 1.807) is 0 Å². The number of hydrogen-bond donors (Lipinski definition) is 2. The predicted octanol–water partition coefficient (Wildman–Crippen LogP) is 2.44. The molecule has 0 aromatic heterocycles. The molecule has 2 unspecified atom stereocenters. The molecule has 2 aliphatic heterocycles. The molecule has 19 heavy (non-hydrogen) atoms. The van der Waals surface area contributed by atoms with E-state index in [-0.39, 0.29) is 12.1 Å². The minimum atomic E-state index is -0.824. The van der Waals surface area contributed by atoms with Gasteiger partial charge < -0.3 is 20.0 Å². The number of hydrogen-bond acceptors (Lipinski definition) is 2. The van der Waals surface area contributed by atoms with Crippen LogP contribution >= 0.6 is 0 Å². The van der Waals surface area contributed by atoms with Crippen molar-refractivity contribution in [3.05, 3.63) is 0 Å². The lowest BCUT2D eigenvalue weighted by Gasteiger charge is -2.24. The van der Waals surface area contributed by atoms with Gasteiger partial charge in [0.25, 0.3) is 0 Å². The predicted molar refractivity (Wildman–Crippen MR) is 69.4 cm³/mol. The molecule has 0 spiro atoms. The first-order chi connectivity index (χ1) is 9.09. The quantitative estimate of drug-likeness (QED) is 0.822. The second-order valence-electron chi connectivity index (χ2n) is 5.47. The topological polar surface area (TPSA) is 81.1 Å². The molecule has 0 aromatic rings. The van der Waals surface area contributed by atoms with Crippen molar-refractivity contribution in [3.63, 3.8) is 0 Å². The average Bonchev–Trinajstić information content (AvgIpc) is 2.96. The van der Waals surface area contributed by atoms with Crippen LogP contribution in [0.3, 0.4) is 0 Å². The summed E-state index contributed by atoms with van der Waals surface area (Å²) in [5.74, 6) is 0. The van der Waals surface area contributed by atoms with Gasteiger partial charge in [0.05, 0.1) is 0 Å². The number of carbonyl (C=O) groups is 2. The Hall–Kier alpha value is -1.46. The molecular weight excluding hydrogens is 248 g/mol. The molecule has 0 aliphatic carbocycles. The fourth-order valence-corrected chi connectivity index (χ4v) is 3.36. The van der Waals surface area contributed by atoms with E-state index in [4.69, 9.17) is 10.2 Å². The summed E-state index contributed by atoms with van der Waals surface area (Å²) in [6.07, 6.45) is 4.75. The fraction of sp³-hybridized carbons (Fsp3) is 0.846. The highest BCUT2D eigenvalue weighted by Gasteiger charge is 2.30. The van der Waals surface area contributed by atoms with Gasteiger partial charge in [-0.1, -0.05) is 0 Å². The van der Waals surface area contributed by atoms with Gasteiger partial charge in [-0.05, 0) is 44.9 Å². The van der Waals surface area contributed by atoms with Crippen LogP contribution in [0.1, 0.15) is 44.9 Å². The zero-order valence-electron chi connectivity index (χ0n) is 11.1. The third-order valence-corrected chi connectivity index (χ3v) is 4.32. The number of carboxylic acid groups (broad SMARTS) is 2. The highest BCUT2D eigenvalue weighted by molar-refractivity contribution is 5.66. The Labute approximate surface area is 113 Å². The third kappa shape index (κ3) is 3.30. The van der Waals surface area contributed by atoms with Crippen molar-refractivity contribution in [1.29, 1.82) is 0 Å². The molecule has 0 radical (unpaired) electrons. The Kier molecular flexibility index (Phi) is 4.50. The lowest BCUT2D eigenvalue weighted by Crippen LogP contribution is -2.36. The molecule has 0 aromatic carbocycles. The molecule has 108 valence electrons. The highest BCUT2D eigenvalue weighted by Crippen LogP contribution is 2.26. The summed E-state index contributed by atoms with van der Waals surface area (Å²) in [5.41, 5.74) is 0. The average molecular weight is 270 g/mol. The smallest absolute Gasteiger partial charge is 0.407 e. The molecule has 2 amide bonds. The molecule has 2 N–H and O–H groups in total. The van der Waals surface area contributed by atoms with E-state index in [1.807, 2.05) is 0 Å². The molecule has 6 nitrogen and oxygen atoms in total. The van der Waals surface area contributed by atoms with Gasteiger partial charge in [-0.25, -0.2) is 9.59 Å². The molecule has 2 saturated heterocycles. The third-order valence-electron chi connectivity index (χ3n) is 4.32. The lowest BCUT2D eigenvalue weighted by atomic mass is 10.0. The van der Waals surface area contributed by atoms with Crippen molar-refractivity contribution >= 4 is 12.2 Å². The summed E-state index contributed by atoms with van der Waals surface area (Å²) in [4.78, 5) is 25.1. The number of amides is 2. The standard InChI is InChI=1S/C13H22N2O4/c16-12(17)14-8-2-6-10(14)4-1-5-11-7-3-9-15(11)13(18)19/h10-11H,1-9H2,(H,16,17)(H,18,19). The molecule has 2 aliphatic rings. The molecule has 2 heterocycles. The van der Waals surface area contributed by atoms with Gasteiger partial charge in [-0.15, -0.1) is 0 Å². The van der Waals surface area contributed by atoms with E-state index < -0.39 is 12.2 Å². The summed E-state index contributed by atoms with van der Waals surface area (Å²) in [7, 11) is 0. The number of likely N-dealkylation sites (tertiary alicyclic amines) is 2. The normalized spacial score (nSPS) is 26.9. The Morgan fingerprint density at radius 2 is 1.32 bits per heavy atom. The zero-order valence-corrected chi connectivity index (χ0v) is 11.1. The Morgan fingerprint density at radius 3 is 1.68 bits per heavy atom. The molecule has 2 rings (SSSR count). The van der Waals surface area contributed by atoms with Crippen LogP contribution in [0.2, 0.25) is 0 Å². The Bertz CT molecular complexity index is 316. The van der Waals surface area contributed by atoms with Gasteiger partial charge in [0, 0.05) is 25.2 Å². The van der Waals surface area contributed by atoms with Crippen LogP contribution in [0.15, 0.2) is 0 Å². The minimum absolute atomic E-state index is 0.136. The van der Waals surface area contributed by atoms with Gasteiger partial charge in [-0.3, -0.25) is 0 Å². The fourth-order valence-electron chi connectivity index (χ4n) is 3.36. The van der Waals surface area contributed by atoms with E-state index in [2.05, 4.69) is 0 Å². The monoisotopic (exact) mass is 270 g/mol. The van der Waals surface area contributed by atoms with E-state index in [0.717, 1.165) is 44.9 Å². The van der Waals surface area contributed by atoms with Crippen molar-refractivity contribution < 1.29 is 19.8 Å². The van der Waals surface area contributed by atoms with Crippen molar-refractivity contribution in [2.24, 2.45) is 0 Å². The van der Waals surface area contributed by atoms with Crippen LogP contribution in [-0.4, -0.2) is 57.4 Å². The van der Waals surface area contributed by atoms with E-state index in [0.29, 0.717) is 13.1 Å². The maximum atomic E-state index is 11.0. The van der Waals surface area contributed by atoms with E-state index in [9.17, 15) is 9.59 Å². The maximum Gasteiger partial charge on any atom is 0.407 e. The Balaban J connectivity index is 1.74. The van der Waals surface area contributed by atoms with Crippen LogP contribution in [-0.2, 0) is 0 Å². The van der Waals surface area contributed by atoms with Crippen LogP contribution in [0, 0.1) is 0 Å². The zero-order chi connectivity index (χ0) is 13.8. The first-order valence-electron chi connectivity index (χ1n) is 7.08. The van der Waals surface area contributed by atoms with Crippen LogP contribution in [0.4, 0.5) is 9.59 Å². The van der Waals surface area contributed by atoms with E-state index in [1.165, 1.54) is 9.80 Å². The van der Waals surface area contributed by atoms with Gasteiger partial charge in [-0.2, -0.15) is 0 Å². The van der Waals surface area contributed by atoms with Gasteiger partial charge >= 0.3 is 12.2 Å². The Morgan fingerprint density at radius 1 is 0.895 bits per heavy atom. The van der Waals surface area contributed by atoms with Crippen molar-refractivity contribution in [1.82, 2.24) is 9.80 Å². The highest BCUT2D eigenvalue weighted by atomic mass is 16.4. The molecule has 2 fully saturated rings. The first kappa shape index (κ1) is 14.0. The summed E-state index contributed by atoms with van der Waals surface area (Å²) in [5, 5.41) is 18.1. The summed E-state index contributed by atoms with van der Waals surface area (Å²) >= 11 is 0. The SMILES string of the molecule is O=C(O)N1CCCC1CCCC1CCCN1C(=O)O. The molecular formula is C13H22N2O4. The molecule has 0 saturated carbocycles. The maximum absolute atomic E-state index is 11.0. The van der Waals surface area contributed by atoms with E-state index >= 15 is 0 Å². The summed E-state index contributed by atoms with van der Waals surface area (Å²) in [6, 6.07) is 0.273. The van der Waals surface area contributed by atoms with Gasteiger partial charge in [0.1, 0.15) is 0 Å². The van der Waals surface area contributed by atoms with Crippen molar-refractivity contribution in [2.75, 3.05) is 13.1 Å². The second-order valence-corrected chi connectivity index (χ2v) is 5.47. The van der Waals surface area contributed by atoms with Gasteiger partial charge in [0.15, 0.2) is 0 Å². The summed E-state index contributed by atoms with van der Waals surface area (Å²) < 4.78 is 0. The number of rotatable bonds is 4. The molecule has 2 atom stereocenters. The largest absolute Gasteiger partial charge is 0.465 e. The van der Waals surface area contributed by atoms with Gasteiger partial charge in [0.2, 0.25) is 0 Å². The molecule has 6 heteroatoms. The van der Waals surface area contributed by atoms with Crippen LogP contribution < -0.4 is 0 Å². The lowest BCUT2D eigenvalue weighted by molar-refractivity contribution is 0.132. The van der Waals surface area contributed by atoms with Crippen molar-refractivity contribution in [2.45, 2.75) is 57.0 Å². The van der Waals surface area contributed by atoms with Crippen LogP contribution in [0.5, 0.6) is 0 Å². The second kappa shape index (κ2) is 6.12. The number of nitrogens with zero attached hydrogens (tertiary/aromatic N) is 2. The minimum Gasteiger partial charge on any atom is -0.465 e.